The second-order valence-electron chi connectivity index (χ2n) is 4.53. The Balaban J connectivity index is 2.19. The van der Waals surface area contributed by atoms with Crippen LogP contribution in [0, 0.1) is 20.8 Å². The molecule has 0 bridgehead atoms. The number of benzene rings is 1. The Bertz CT molecular complexity index is 575. The van der Waals surface area contributed by atoms with Crippen molar-refractivity contribution in [3.8, 4) is 5.75 Å². The highest BCUT2D eigenvalue weighted by Crippen LogP contribution is 2.24. The van der Waals surface area contributed by atoms with Gasteiger partial charge in [0.05, 0.1) is 16.4 Å². The van der Waals surface area contributed by atoms with E-state index in [1.54, 1.807) is 4.68 Å². The maximum Gasteiger partial charge on any atom is 0.131 e. The van der Waals surface area contributed by atoms with Crippen LogP contribution in [0.15, 0.2) is 18.2 Å². The Morgan fingerprint density at radius 3 is 2.61 bits per heavy atom. The summed E-state index contributed by atoms with van der Waals surface area (Å²) >= 11 is 6.19. The Labute approximate surface area is 112 Å². The lowest BCUT2D eigenvalue weighted by Gasteiger charge is -2.10. The van der Waals surface area contributed by atoms with E-state index in [1.807, 2.05) is 33.9 Å². The zero-order valence-corrected chi connectivity index (χ0v) is 11.9. The monoisotopic (exact) mass is 264 g/mol. The summed E-state index contributed by atoms with van der Waals surface area (Å²) in [5.74, 6) is 0.893. The van der Waals surface area contributed by atoms with Gasteiger partial charge in [-0.2, -0.15) is 5.10 Å². The summed E-state index contributed by atoms with van der Waals surface area (Å²) in [6.45, 7) is 6.41. The fourth-order valence-electron chi connectivity index (χ4n) is 1.85. The summed E-state index contributed by atoms with van der Waals surface area (Å²) in [4.78, 5) is 0. The van der Waals surface area contributed by atoms with E-state index >= 15 is 0 Å². The van der Waals surface area contributed by atoms with Crippen LogP contribution in [-0.4, -0.2) is 9.78 Å². The van der Waals surface area contributed by atoms with Crippen LogP contribution >= 0.6 is 11.6 Å². The molecule has 2 aromatic rings. The number of hydrogen-bond donors (Lipinski definition) is 0. The van der Waals surface area contributed by atoms with Crippen LogP contribution in [0.2, 0.25) is 5.02 Å². The van der Waals surface area contributed by atoms with E-state index < -0.39 is 0 Å². The van der Waals surface area contributed by atoms with Crippen LogP contribution < -0.4 is 4.74 Å². The van der Waals surface area contributed by atoms with Crippen molar-refractivity contribution in [1.82, 2.24) is 9.78 Å². The molecule has 0 fully saturated rings. The predicted octanol–water partition coefficient (Wildman–Crippen LogP) is 3.58. The van der Waals surface area contributed by atoms with Crippen molar-refractivity contribution in [2.45, 2.75) is 27.4 Å². The molecule has 1 heterocycles. The molecular weight excluding hydrogens is 248 g/mol. The van der Waals surface area contributed by atoms with Crippen molar-refractivity contribution in [3.05, 3.63) is 45.7 Å². The van der Waals surface area contributed by atoms with Crippen molar-refractivity contribution >= 4 is 11.6 Å². The normalized spacial score (nSPS) is 10.7. The second-order valence-corrected chi connectivity index (χ2v) is 4.91. The van der Waals surface area contributed by atoms with Gasteiger partial charge >= 0.3 is 0 Å². The summed E-state index contributed by atoms with van der Waals surface area (Å²) in [5.41, 5.74) is 4.03. The number of halogens is 1. The van der Waals surface area contributed by atoms with Crippen LogP contribution in [0.3, 0.4) is 0 Å². The number of rotatable bonds is 3. The fourth-order valence-corrected chi connectivity index (χ4v) is 2.06. The van der Waals surface area contributed by atoms with Gasteiger partial charge in [-0.3, -0.25) is 4.68 Å². The van der Waals surface area contributed by atoms with Gasteiger partial charge < -0.3 is 4.74 Å². The van der Waals surface area contributed by atoms with Gasteiger partial charge in [-0.25, -0.2) is 0 Å². The molecule has 0 spiro atoms. The first-order valence-corrected chi connectivity index (χ1v) is 6.25. The number of ether oxygens (including phenoxy) is 1. The Morgan fingerprint density at radius 2 is 2.00 bits per heavy atom. The lowest BCUT2D eigenvalue weighted by Crippen LogP contribution is -2.04. The fraction of sp³-hybridized carbons (Fsp3) is 0.357. The molecule has 0 radical (unpaired) electrons. The van der Waals surface area contributed by atoms with Crippen LogP contribution in [0.5, 0.6) is 5.75 Å². The molecule has 0 saturated carbocycles. The highest BCUT2D eigenvalue weighted by molar-refractivity contribution is 6.31. The highest BCUT2D eigenvalue weighted by Gasteiger charge is 2.12. The van der Waals surface area contributed by atoms with Gasteiger partial charge in [-0.05, 0) is 38.0 Å². The van der Waals surface area contributed by atoms with Crippen molar-refractivity contribution in [3.63, 3.8) is 0 Å². The van der Waals surface area contributed by atoms with E-state index in [1.165, 1.54) is 5.56 Å². The lowest BCUT2D eigenvalue weighted by molar-refractivity contribution is 0.293. The molecule has 96 valence electrons. The van der Waals surface area contributed by atoms with Gasteiger partial charge in [-0.15, -0.1) is 0 Å². The molecule has 0 amide bonds. The van der Waals surface area contributed by atoms with E-state index in [2.05, 4.69) is 17.2 Å². The molecule has 0 unspecified atom stereocenters. The maximum atomic E-state index is 6.19. The standard InChI is InChI=1S/C14H17ClN2O/c1-9-5-6-10(2)13(7-9)18-8-12-14(15)11(3)16-17(12)4/h5-7H,8H2,1-4H3. The van der Waals surface area contributed by atoms with Gasteiger partial charge in [0.15, 0.2) is 0 Å². The first-order chi connectivity index (χ1) is 8.49. The van der Waals surface area contributed by atoms with Crippen LogP contribution in [-0.2, 0) is 13.7 Å². The van der Waals surface area contributed by atoms with Crippen LogP contribution in [0.25, 0.3) is 0 Å². The second kappa shape index (κ2) is 5.02. The first-order valence-electron chi connectivity index (χ1n) is 5.87. The van der Waals surface area contributed by atoms with Gasteiger partial charge in [0.1, 0.15) is 12.4 Å². The zero-order valence-electron chi connectivity index (χ0n) is 11.1. The lowest BCUT2D eigenvalue weighted by atomic mass is 10.1. The molecule has 1 aromatic carbocycles. The Morgan fingerprint density at radius 1 is 1.28 bits per heavy atom. The molecule has 2 rings (SSSR count). The van der Waals surface area contributed by atoms with E-state index in [4.69, 9.17) is 16.3 Å². The molecule has 0 atom stereocenters. The minimum atomic E-state index is 0.431. The molecule has 4 heteroatoms. The molecule has 18 heavy (non-hydrogen) atoms. The van der Waals surface area contributed by atoms with Crippen LogP contribution in [0.1, 0.15) is 22.5 Å². The average Bonchev–Trinajstić information content (AvgIpc) is 2.55. The zero-order chi connectivity index (χ0) is 13.3. The van der Waals surface area contributed by atoms with Crippen molar-refractivity contribution in [1.29, 1.82) is 0 Å². The smallest absolute Gasteiger partial charge is 0.131 e. The third-order valence-corrected chi connectivity index (χ3v) is 3.46. The molecule has 1 aromatic heterocycles. The van der Waals surface area contributed by atoms with E-state index in [0.29, 0.717) is 11.6 Å². The van der Waals surface area contributed by atoms with E-state index in [9.17, 15) is 0 Å². The number of aromatic nitrogens is 2. The molecule has 0 saturated heterocycles. The van der Waals surface area contributed by atoms with Crippen LogP contribution in [0.4, 0.5) is 0 Å². The summed E-state index contributed by atoms with van der Waals surface area (Å²) in [5, 5.41) is 4.95. The molecule has 0 aliphatic rings. The summed E-state index contributed by atoms with van der Waals surface area (Å²) in [6.07, 6.45) is 0. The minimum Gasteiger partial charge on any atom is -0.487 e. The maximum absolute atomic E-state index is 6.19. The first kappa shape index (κ1) is 13.0. The summed E-state index contributed by atoms with van der Waals surface area (Å²) < 4.78 is 7.60. The largest absolute Gasteiger partial charge is 0.487 e. The van der Waals surface area contributed by atoms with Gasteiger partial charge in [0.2, 0.25) is 0 Å². The van der Waals surface area contributed by atoms with Gasteiger partial charge in [0.25, 0.3) is 0 Å². The van der Waals surface area contributed by atoms with E-state index in [0.717, 1.165) is 22.7 Å². The predicted molar refractivity (Wildman–Crippen MR) is 73.2 cm³/mol. The molecule has 0 aliphatic carbocycles. The summed E-state index contributed by atoms with van der Waals surface area (Å²) in [6, 6.07) is 6.16. The minimum absolute atomic E-state index is 0.431. The van der Waals surface area contributed by atoms with Crippen molar-refractivity contribution in [2.24, 2.45) is 7.05 Å². The Hall–Kier alpha value is -1.48. The Kier molecular flexibility index (Phi) is 3.62. The topological polar surface area (TPSA) is 27.1 Å². The van der Waals surface area contributed by atoms with Crippen molar-refractivity contribution < 1.29 is 4.74 Å². The highest BCUT2D eigenvalue weighted by atomic mass is 35.5. The third-order valence-electron chi connectivity index (χ3n) is 2.97. The summed E-state index contributed by atoms with van der Waals surface area (Å²) in [7, 11) is 1.88. The van der Waals surface area contributed by atoms with E-state index in [-0.39, 0.29) is 0 Å². The molecule has 0 aliphatic heterocycles. The molecule has 0 N–H and O–H groups in total. The third kappa shape index (κ3) is 2.51. The quantitative estimate of drug-likeness (QED) is 0.847. The van der Waals surface area contributed by atoms with Gasteiger partial charge in [-0.1, -0.05) is 23.7 Å². The SMILES string of the molecule is Cc1ccc(C)c(OCc2c(Cl)c(C)nn2C)c1. The average molecular weight is 265 g/mol. The molecular formula is C14H17ClN2O. The number of hydrogen-bond acceptors (Lipinski definition) is 2. The molecule has 3 nitrogen and oxygen atoms in total. The number of aryl methyl sites for hydroxylation is 4. The number of nitrogens with zero attached hydrogens (tertiary/aromatic N) is 2. The van der Waals surface area contributed by atoms with Gasteiger partial charge in [0, 0.05) is 7.05 Å². The van der Waals surface area contributed by atoms with Crippen molar-refractivity contribution in [2.75, 3.05) is 0 Å².